The van der Waals surface area contributed by atoms with Crippen LogP contribution < -0.4 is 110 Å². The number of aromatic hydroxyl groups is 1. The van der Waals surface area contributed by atoms with Crippen molar-refractivity contribution in [1.29, 1.82) is 0 Å². The van der Waals surface area contributed by atoms with Crippen molar-refractivity contribution >= 4 is 122 Å². The summed E-state index contributed by atoms with van der Waals surface area (Å²) in [7, 11) is 2.05. The molecule has 2 fully saturated rings. The molecule has 0 radical (unpaired) electrons. The zero-order chi connectivity index (χ0) is 86.5. The third kappa shape index (κ3) is 38.7. The number of hydrogen-bond acceptors (Lipinski definition) is 22. The van der Waals surface area contributed by atoms with E-state index < -0.39 is 162 Å². The second-order valence-corrected chi connectivity index (χ2v) is 32.0. The number of carboxylic acid groups (broad SMARTS) is 1. The normalized spacial score (nSPS) is 20.3. The first-order valence-electron chi connectivity index (χ1n) is 39.4. The molecule has 650 valence electrons. The fourth-order valence-corrected chi connectivity index (χ4v) is 14.7. The molecule has 0 unspecified atom stereocenters. The molecule has 117 heavy (non-hydrogen) atoms. The summed E-state index contributed by atoms with van der Waals surface area (Å²) in [6, 6.07) is -0.974. The number of carbonyl (C=O) groups excluding carboxylic acids is 13. The first-order chi connectivity index (χ1) is 55.7. The molecule has 4 rings (SSSR count). The largest absolute Gasteiger partial charge is 0.508 e. The lowest BCUT2D eigenvalue weighted by atomic mass is 10.00. The van der Waals surface area contributed by atoms with E-state index in [2.05, 4.69) is 78.8 Å². The average molecular weight is 1680 g/mol. The molecule has 2 saturated heterocycles. The number of aliphatic carboxylic acids is 1. The topological polar surface area (TPSA) is 672 Å². The van der Waals surface area contributed by atoms with Crippen molar-refractivity contribution in [2.24, 2.45) is 72.7 Å². The highest BCUT2D eigenvalue weighted by Crippen LogP contribution is 2.25. The number of carbonyl (C=O) groups is 14. The van der Waals surface area contributed by atoms with Gasteiger partial charge in [0.1, 0.15) is 72.2 Å². The fourth-order valence-electron chi connectivity index (χ4n) is 12.6. The quantitative estimate of drug-likeness (QED) is 0.0131. The van der Waals surface area contributed by atoms with E-state index in [1.165, 1.54) is 29.2 Å². The highest BCUT2D eigenvalue weighted by Gasteiger charge is 2.41. The predicted octanol–water partition coefficient (Wildman–Crippen LogP) is -4.37. The highest BCUT2D eigenvalue weighted by molar-refractivity contribution is 8.76. The Bertz CT molecular complexity index is 3680. The Kier molecular flexibility index (Phi) is 45.1. The van der Waals surface area contributed by atoms with Crippen molar-refractivity contribution < 1.29 is 77.3 Å². The molecular weight excluding hydrogens is 1560 g/mol. The van der Waals surface area contributed by atoms with Crippen LogP contribution in [-0.4, -0.2) is 246 Å². The lowest BCUT2D eigenvalue weighted by Gasteiger charge is -2.31. The van der Waals surface area contributed by atoms with E-state index in [1.807, 2.05) is 0 Å². The van der Waals surface area contributed by atoms with Gasteiger partial charge in [0.05, 0.1) is 13.1 Å². The van der Waals surface area contributed by atoms with Crippen molar-refractivity contribution in [1.82, 2.24) is 68.7 Å². The van der Waals surface area contributed by atoms with Crippen molar-refractivity contribution in [2.45, 2.75) is 216 Å². The van der Waals surface area contributed by atoms with Crippen molar-refractivity contribution in [3.05, 3.63) is 65.7 Å². The van der Waals surface area contributed by atoms with E-state index in [4.69, 9.17) is 45.9 Å². The zero-order valence-corrected chi connectivity index (χ0v) is 68.7. The second kappa shape index (κ2) is 53.5. The van der Waals surface area contributed by atoms with Gasteiger partial charge < -0.3 is 125 Å². The second-order valence-electron chi connectivity index (χ2n) is 29.3. The number of nitrogens with two attached hydrogens (primary N) is 8. The molecule has 0 aliphatic carbocycles. The average Bonchev–Trinajstić information content (AvgIpc) is 1.74. The number of hydrogen-bond donors (Lipinski definition) is 22. The minimum Gasteiger partial charge on any atom is -0.508 e. The molecule has 0 bridgehead atoms. The van der Waals surface area contributed by atoms with Crippen molar-refractivity contribution in [3.8, 4) is 5.75 Å². The summed E-state index contributed by atoms with van der Waals surface area (Å²) in [5.74, 6) is -13.8. The minimum atomic E-state index is -1.62. The van der Waals surface area contributed by atoms with E-state index >= 15 is 19.2 Å². The van der Waals surface area contributed by atoms with Gasteiger partial charge in [-0.3, -0.25) is 77.3 Å². The monoisotopic (exact) mass is 1680 g/mol. The number of nitrogens with zero attached hydrogens (tertiary/aromatic N) is 4. The Morgan fingerprint density at radius 1 is 0.513 bits per heavy atom. The number of benzene rings is 2. The summed E-state index contributed by atoms with van der Waals surface area (Å²) >= 11 is 0. The number of nitrogens with one attached hydrogen (secondary N) is 12. The van der Waals surface area contributed by atoms with Crippen molar-refractivity contribution in [3.63, 3.8) is 0 Å². The maximum absolute atomic E-state index is 15.3. The summed E-state index contributed by atoms with van der Waals surface area (Å²) in [5, 5.41) is 51.9. The Morgan fingerprint density at radius 2 is 1.01 bits per heavy atom. The SMILES string of the molecule is CC(C)C[C@H](NC(=O)[C@H](CCCCN)NC(=O)[C@@H]1CCCN1C(=O)[C@H](CCCN=C(N)N)NC(=O)[C@@H]1CSSCCC(=O)N[C@@H](Cc2ccc(O)cc2)C(=O)NCC(=O)NCC(=O)N[C@@H](Cc2ccccc2)C(=O)N[C@@H](CC(C)C)C(=O)N[C@@H](CCCN=C(N)N)C(=O)N[C@@H](CCCN=C(N)N)C(=O)N1)C(=O)N[C@@H](CCCCN)C(=O)O. The van der Waals surface area contributed by atoms with Gasteiger partial charge >= 0.3 is 5.97 Å². The molecule has 2 aliphatic rings. The third-order valence-electron chi connectivity index (χ3n) is 18.6. The van der Waals surface area contributed by atoms with Crippen LogP contribution in [-0.2, 0) is 80.0 Å². The van der Waals surface area contributed by atoms with Gasteiger partial charge in [0.25, 0.3) is 0 Å². The van der Waals surface area contributed by atoms with Gasteiger partial charge in [0, 0.05) is 56.9 Å². The highest BCUT2D eigenvalue weighted by atomic mass is 33.1. The molecule has 0 aromatic heterocycles. The number of amides is 13. The van der Waals surface area contributed by atoms with E-state index in [-0.39, 0.29) is 176 Å². The maximum atomic E-state index is 15.3. The Labute approximate surface area is 689 Å². The van der Waals surface area contributed by atoms with E-state index in [0.717, 1.165) is 21.6 Å². The molecule has 0 spiro atoms. The molecule has 30 N–H and O–H groups in total. The van der Waals surface area contributed by atoms with Gasteiger partial charge in [-0.1, -0.05) is 91.7 Å². The number of likely N-dealkylation sites (tertiary alicyclic amines) is 1. The van der Waals surface area contributed by atoms with E-state index in [0.29, 0.717) is 43.4 Å². The van der Waals surface area contributed by atoms with Crippen LogP contribution in [0.25, 0.3) is 0 Å². The zero-order valence-electron chi connectivity index (χ0n) is 67.0. The van der Waals surface area contributed by atoms with Gasteiger partial charge in [0.2, 0.25) is 76.8 Å². The molecule has 2 aliphatic heterocycles. The Hall–Kier alpha value is -10.7. The molecule has 13 amide bonds. The number of carboxylic acids is 1. The maximum Gasteiger partial charge on any atom is 0.326 e. The first kappa shape index (κ1) is 98.6. The van der Waals surface area contributed by atoms with Crippen molar-refractivity contribution in [2.75, 3.05) is 63.9 Å². The predicted molar refractivity (Wildman–Crippen MR) is 444 cm³/mol. The molecule has 40 nitrogen and oxygen atoms in total. The molecule has 2 aromatic carbocycles. The van der Waals surface area contributed by atoms with Crippen LogP contribution in [0.5, 0.6) is 5.75 Å². The Morgan fingerprint density at radius 3 is 1.58 bits per heavy atom. The summed E-state index contributed by atoms with van der Waals surface area (Å²) in [4.78, 5) is 214. The lowest BCUT2D eigenvalue weighted by Crippen LogP contribution is -2.61. The number of unbranched alkanes of at least 4 members (excludes halogenated alkanes) is 2. The summed E-state index contributed by atoms with van der Waals surface area (Å²) in [6.07, 6.45) is 1.28. The first-order valence-corrected chi connectivity index (χ1v) is 41.9. The fraction of sp³-hybridized carbons (Fsp3) is 0.613. The minimum absolute atomic E-state index is 0.00118. The van der Waals surface area contributed by atoms with E-state index in [9.17, 15) is 58.2 Å². The van der Waals surface area contributed by atoms with Crippen LogP contribution in [0.4, 0.5) is 0 Å². The number of rotatable bonds is 38. The summed E-state index contributed by atoms with van der Waals surface area (Å²) < 4.78 is 0. The number of phenolic OH excluding ortho intramolecular Hbond substituents is 1. The summed E-state index contributed by atoms with van der Waals surface area (Å²) in [6.45, 7) is 6.14. The van der Waals surface area contributed by atoms with Crippen LogP contribution in [0.15, 0.2) is 69.6 Å². The lowest BCUT2D eigenvalue weighted by molar-refractivity contribution is -0.143. The van der Waals surface area contributed by atoms with Gasteiger partial charge in [-0.2, -0.15) is 0 Å². The number of phenols is 1. The van der Waals surface area contributed by atoms with Crippen LogP contribution in [0.2, 0.25) is 0 Å². The Balaban J connectivity index is 1.84. The smallest absolute Gasteiger partial charge is 0.326 e. The van der Waals surface area contributed by atoms with Gasteiger partial charge in [-0.25, -0.2) is 4.79 Å². The molecular formula is C75H122N24O16S2. The molecule has 0 saturated carbocycles. The third-order valence-corrected chi connectivity index (χ3v) is 21.0. The molecule has 42 heteroatoms. The van der Waals surface area contributed by atoms with Gasteiger partial charge in [0.15, 0.2) is 17.9 Å². The van der Waals surface area contributed by atoms with Crippen LogP contribution >= 0.6 is 21.6 Å². The molecule has 2 aromatic rings. The van der Waals surface area contributed by atoms with Crippen LogP contribution in [0, 0.1) is 11.8 Å². The van der Waals surface area contributed by atoms with E-state index in [1.54, 1.807) is 58.0 Å². The summed E-state index contributed by atoms with van der Waals surface area (Å²) in [5.41, 5.74) is 46.6. The number of guanidine groups is 3. The van der Waals surface area contributed by atoms with Gasteiger partial charge in [-0.15, -0.1) is 0 Å². The standard InChI is InChI=1S/C75H122N24O16S2/c1-43(2)36-53-66(108)92-49(20-12-31-84-73(78)79)63(105)91-50(21-13-32-85-74(80)81)65(107)98-57(42-117-116-35-28-59(101)89-55(39-46-24-26-47(100)27-25-46)62(104)88-40-60(102)87-41-61(103)90-56(68(110)97-53)38-45-16-6-5-7-17-45)69(111)94-51(22-14-33-86-75(82)83)71(113)99-34-15-23-58(99)70(112)93-48(18-8-10-29-76)64(106)96-54(37-44(3)4)67(109)95-52(72(114)115)19-9-11-30-77/h5-7,16-17,24-27,43-44,48-58,100H,8-15,18-23,28-42,76-77H2,1-4H3,(H,87,102)(H,88,104)(H,89,101)(H,90,103)(H,91,105)(H,92,108)(H,93,112)(H,94,111)(H,95,109)(H,96,106)(H,97,110)(H,98,107)(H,114,115)(H4,78,79,84)(H4,80,81,85)(H4,82,83,86)/t48-,49-,50-,51-,52-,53-,54-,55-,56-,57-,58-/m0/s1. The van der Waals surface area contributed by atoms with Crippen LogP contribution in [0.3, 0.4) is 0 Å². The van der Waals surface area contributed by atoms with Crippen LogP contribution in [0.1, 0.15) is 148 Å². The molecule has 11 atom stereocenters. The number of aliphatic imine (C=N–C) groups is 3. The molecule has 2 heterocycles. The van der Waals surface area contributed by atoms with Gasteiger partial charge in [-0.05, 0) is 151 Å².